The van der Waals surface area contributed by atoms with Crippen LogP contribution in [0.5, 0.6) is 0 Å². The third-order valence-electron chi connectivity index (χ3n) is 4.34. The fourth-order valence-corrected chi connectivity index (χ4v) is 3.20. The molecule has 0 spiro atoms. The van der Waals surface area contributed by atoms with Gasteiger partial charge in [-0.05, 0) is 49.8 Å². The van der Waals surface area contributed by atoms with Gasteiger partial charge in [-0.25, -0.2) is 0 Å². The summed E-state index contributed by atoms with van der Waals surface area (Å²) >= 11 is 0. The molecule has 128 valence electrons. The van der Waals surface area contributed by atoms with E-state index in [1.165, 1.54) is 19.3 Å². The van der Waals surface area contributed by atoms with Crippen molar-refractivity contribution in [2.75, 3.05) is 23.3 Å². The van der Waals surface area contributed by atoms with E-state index in [-0.39, 0.29) is 5.91 Å². The van der Waals surface area contributed by atoms with Crippen LogP contribution in [0.4, 0.5) is 11.4 Å². The molecule has 1 saturated heterocycles. The molecule has 1 fully saturated rings. The summed E-state index contributed by atoms with van der Waals surface area (Å²) in [6, 6.07) is 9.87. The Morgan fingerprint density at radius 2 is 2.00 bits per heavy atom. The van der Waals surface area contributed by atoms with Crippen LogP contribution in [-0.2, 0) is 6.42 Å². The summed E-state index contributed by atoms with van der Waals surface area (Å²) in [5.74, 6) is 0.368. The molecular formula is C19H26N4O. The normalized spacial score (nSPS) is 14.9. The molecule has 0 atom stereocenters. The minimum Gasteiger partial charge on any atom is -0.370 e. The Balaban J connectivity index is 1.73. The van der Waals surface area contributed by atoms with E-state index in [0.29, 0.717) is 11.6 Å². The quantitative estimate of drug-likeness (QED) is 0.877. The Hall–Kier alpha value is -2.30. The lowest BCUT2D eigenvalue weighted by Gasteiger charge is -2.30. The number of nitrogens with one attached hydrogen (secondary N) is 2. The predicted molar refractivity (Wildman–Crippen MR) is 97.6 cm³/mol. The molecule has 0 saturated carbocycles. The summed E-state index contributed by atoms with van der Waals surface area (Å²) in [5.41, 5.74) is 3.40. The van der Waals surface area contributed by atoms with Crippen LogP contribution in [-0.4, -0.2) is 29.2 Å². The summed E-state index contributed by atoms with van der Waals surface area (Å²) in [6.45, 7) is 6.40. The number of piperidine rings is 1. The number of hydrogen-bond acceptors (Lipinski definition) is 3. The molecule has 5 nitrogen and oxygen atoms in total. The van der Waals surface area contributed by atoms with Gasteiger partial charge in [-0.2, -0.15) is 5.10 Å². The number of aromatic nitrogens is 2. The lowest BCUT2D eigenvalue weighted by molar-refractivity contribution is 0.102. The number of hydrogen-bond donors (Lipinski definition) is 2. The molecular weight excluding hydrogens is 300 g/mol. The van der Waals surface area contributed by atoms with E-state index in [1.807, 2.05) is 24.3 Å². The molecule has 1 aromatic carbocycles. The summed E-state index contributed by atoms with van der Waals surface area (Å²) < 4.78 is 0. The Kier molecular flexibility index (Phi) is 5.18. The second-order valence-electron chi connectivity index (χ2n) is 6.90. The van der Waals surface area contributed by atoms with Crippen LogP contribution < -0.4 is 10.2 Å². The van der Waals surface area contributed by atoms with E-state index >= 15 is 0 Å². The molecule has 0 aliphatic carbocycles. The molecule has 1 amide bonds. The number of H-pyrrole nitrogens is 1. The molecule has 0 bridgehead atoms. The number of nitrogens with zero attached hydrogens (tertiary/aromatic N) is 2. The monoisotopic (exact) mass is 326 g/mol. The smallest absolute Gasteiger partial charge is 0.276 e. The number of carbonyl (C=O) groups excluding carboxylic acids is 1. The van der Waals surface area contributed by atoms with Crippen molar-refractivity contribution in [1.82, 2.24) is 10.2 Å². The zero-order chi connectivity index (χ0) is 16.9. The summed E-state index contributed by atoms with van der Waals surface area (Å²) in [4.78, 5) is 14.9. The van der Waals surface area contributed by atoms with Crippen LogP contribution in [0, 0.1) is 5.92 Å². The van der Waals surface area contributed by atoms with Crippen molar-refractivity contribution in [2.24, 2.45) is 5.92 Å². The Labute approximate surface area is 143 Å². The molecule has 1 aromatic heterocycles. The summed E-state index contributed by atoms with van der Waals surface area (Å²) in [5, 5.41) is 10.1. The highest BCUT2D eigenvalue weighted by Crippen LogP contribution is 2.28. The first-order valence-electron chi connectivity index (χ1n) is 8.83. The molecule has 0 radical (unpaired) electrons. The van der Waals surface area contributed by atoms with E-state index in [0.717, 1.165) is 36.6 Å². The number of amides is 1. The minimum absolute atomic E-state index is 0.161. The Morgan fingerprint density at radius 1 is 1.25 bits per heavy atom. The van der Waals surface area contributed by atoms with Gasteiger partial charge in [0.1, 0.15) is 0 Å². The second-order valence-corrected chi connectivity index (χ2v) is 6.90. The molecule has 2 N–H and O–H groups in total. The van der Waals surface area contributed by atoms with Gasteiger partial charge in [0.2, 0.25) is 0 Å². The third-order valence-corrected chi connectivity index (χ3v) is 4.34. The second kappa shape index (κ2) is 7.51. The molecule has 0 unspecified atom stereocenters. The van der Waals surface area contributed by atoms with Gasteiger partial charge in [-0.15, -0.1) is 0 Å². The Bertz CT molecular complexity index is 686. The highest BCUT2D eigenvalue weighted by atomic mass is 16.1. The highest BCUT2D eigenvalue weighted by Gasteiger charge is 2.17. The number of carbonyl (C=O) groups is 1. The highest BCUT2D eigenvalue weighted by molar-refractivity contribution is 6.04. The third kappa shape index (κ3) is 3.96. The molecule has 3 rings (SSSR count). The number of benzene rings is 1. The topological polar surface area (TPSA) is 61.0 Å². The Morgan fingerprint density at radius 3 is 2.75 bits per heavy atom. The van der Waals surface area contributed by atoms with Crippen molar-refractivity contribution < 1.29 is 4.79 Å². The SMILES string of the molecule is CC(C)Cc1cc(C(=O)Nc2ccccc2N2CCCCC2)n[nH]1. The maximum atomic E-state index is 12.5. The van der Waals surface area contributed by atoms with Crippen LogP contribution in [0.15, 0.2) is 30.3 Å². The maximum absolute atomic E-state index is 12.5. The van der Waals surface area contributed by atoms with Crippen molar-refractivity contribution >= 4 is 17.3 Å². The van der Waals surface area contributed by atoms with E-state index < -0.39 is 0 Å². The zero-order valence-corrected chi connectivity index (χ0v) is 14.5. The average molecular weight is 326 g/mol. The van der Waals surface area contributed by atoms with Gasteiger partial charge >= 0.3 is 0 Å². The number of para-hydroxylation sites is 2. The molecule has 1 aliphatic rings. The van der Waals surface area contributed by atoms with Crippen LogP contribution in [0.1, 0.15) is 49.3 Å². The molecule has 1 aliphatic heterocycles. The van der Waals surface area contributed by atoms with Gasteiger partial charge in [0.15, 0.2) is 5.69 Å². The zero-order valence-electron chi connectivity index (χ0n) is 14.5. The van der Waals surface area contributed by atoms with Crippen LogP contribution in [0.2, 0.25) is 0 Å². The van der Waals surface area contributed by atoms with Gasteiger partial charge in [0.05, 0.1) is 11.4 Å². The van der Waals surface area contributed by atoms with E-state index in [2.05, 4.69) is 40.3 Å². The van der Waals surface area contributed by atoms with Crippen LogP contribution in [0.25, 0.3) is 0 Å². The van der Waals surface area contributed by atoms with Gasteiger partial charge in [-0.3, -0.25) is 9.89 Å². The van der Waals surface area contributed by atoms with E-state index in [4.69, 9.17) is 0 Å². The van der Waals surface area contributed by atoms with Crippen molar-refractivity contribution in [1.29, 1.82) is 0 Å². The first-order valence-corrected chi connectivity index (χ1v) is 8.83. The van der Waals surface area contributed by atoms with Gasteiger partial charge in [-0.1, -0.05) is 26.0 Å². The lowest BCUT2D eigenvalue weighted by atomic mass is 10.1. The van der Waals surface area contributed by atoms with E-state index in [9.17, 15) is 4.79 Å². The minimum atomic E-state index is -0.161. The van der Waals surface area contributed by atoms with Gasteiger partial charge < -0.3 is 10.2 Å². The maximum Gasteiger partial charge on any atom is 0.276 e. The summed E-state index contributed by atoms with van der Waals surface area (Å²) in [7, 11) is 0. The average Bonchev–Trinajstić information content (AvgIpc) is 3.04. The molecule has 2 aromatic rings. The number of aromatic amines is 1. The number of anilines is 2. The van der Waals surface area contributed by atoms with E-state index in [1.54, 1.807) is 0 Å². The van der Waals surface area contributed by atoms with Crippen LogP contribution >= 0.6 is 0 Å². The fourth-order valence-electron chi connectivity index (χ4n) is 3.20. The lowest BCUT2D eigenvalue weighted by Crippen LogP contribution is -2.30. The standard InChI is InChI=1S/C19H26N4O/c1-14(2)12-15-13-17(22-21-15)19(24)20-16-8-4-5-9-18(16)23-10-6-3-7-11-23/h4-5,8-9,13-14H,3,6-7,10-12H2,1-2H3,(H,20,24)(H,21,22). The van der Waals surface area contributed by atoms with Crippen molar-refractivity contribution in [3.05, 3.63) is 41.7 Å². The van der Waals surface area contributed by atoms with Crippen molar-refractivity contribution in [2.45, 2.75) is 39.5 Å². The molecule has 24 heavy (non-hydrogen) atoms. The van der Waals surface area contributed by atoms with Crippen molar-refractivity contribution in [3.63, 3.8) is 0 Å². The molecule has 2 heterocycles. The molecule has 5 heteroatoms. The van der Waals surface area contributed by atoms with Gasteiger partial charge in [0, 0.05) is 18.8 Å². The predicted octanol–water partition coefficient (Wildman–Crippen LogP) is 3.85. The van der Waals surface area contributed by atoms with Crippen molar-refractivity contribution in [3.8, 4) is 0 Å². The first kappa shape index (κ1) is 16.6. The first-order chi connectivity index (χ1) is 11.6. The largest absolute Gasteiger partial charge is 0.370 e. The number of rotatable bonds is 5. The van der Waals surface area contributed by atoms with Gasteiger partial charge in [0.25, 0.3) is 5.91 Å². The summed E-state index contributed by atoms with van der Waals surface area (Å²) in [6.07, 6.45) is 4.60. The fraction of sp³-hybridized carbons (Fsp3) is 0.474. The van der Waals surface area contributed by atoms with Crippen LogP contribution in [0.3, 0.4) is 0 Å².